The van der Waals surface area contributed by atoms with Crippen LogP contribution < -0.4 is 21.7 Å². The van der Waals surface area contributed by atoms with E-state index in [1.165, 1.54) is 4.90 Å². The fraction of sp³-hybridized carbons (Fsp3) is 0.125. The Labute approximate surface area is 199 Å². The number of carboxylic acid groups (broad SMARTS) is 1. The van der Waals surface area contributed by atoms with E-state index in [0.29, 0.717) is 29.2 Å². The van der Waals surface area contributed by atoms with E-state index in [0.717, 1.165) is 5.56 Å². The lowest BCUT2D eigenvalue weighted by atomic mass is 10.1. The number of halogens is 3. The lowest BCUT2D eigenvalue weighted by Gasteiger charge is -2.23. The van der Waals surface area contributed by atoms with Crippen molar-refractivity contribution in [3.8, 4) is 0 Å². The van der Waals surface area contributed by atoms with E-state index in [4.69, 9.17) is 21.4 Å². The molecule has 35 heavy (non-hydrogen) atoms. The Morgan fingerprint density at radius 3 is 2.11 bits per heavy atom. The molecule has 11 heteroatoms. The zero-order valence-electron chi connectivity index (χ0n) is 18.3. The molecule has 0 aliphatic rings. The van der Waals surface area contributed by atoms with Crippen molar-refractivity contribution in [3.05, 3.63) is 90.0 Å². The number of benzene rings is 3. The number of carbonyl (C=O) groups is 3. The third-order valence-corrected chi connectivity index (χ3v) is 4.44. The second-order valence-corrected chi connectivity index (χ2v) is 7.11. The number of nitrogens with two attached hydrogens (primary N) is 2. The number of carbonyl (C=O) groups excluding carboxylic acids is 2. The van der Waals surface area contributed by atoms with Crippen LogP contribution in [0.15, 0.2) is 78.9 Å². The monoisotopic (exact) mass is 488 g/mol. The molecular weight excluding hydrogens is 465 g/mol. The van der Waals surface area contributed by atoms with E-state index < -0.39 is 12.1 Å². The zero-order valence-corrected chi connectivity index (χ0v) is 18.3. The molecule has 0 saturated carbocycles. The molecule has 0 unspecified atom stereocenters. The molecule has 3 rings (SSSR count). The van der Waals surface area contributed by atoms with Crippen LogP contribution in [0.3, 0.4) is 0 Å². The van der Waals surface area contributed by atoms with Crippen molar-refractivity contribution in [2.75, 3.05) is 22.5 Å². The summed E-state index contributed by atoms with van der Waals surface area (Å²) < 4.78 is 31.7. The number of hydrogen-bond donors (Lipinski definition) is 4. The predicted octanol–water partition coefficient (Wildman–Crippen LogP) is 3.65. The third-order valence-electron chi connectivity index (χ3n) is 4.44. The highest BCUT2D eigenvalue weighted by molar-refractivity contribution is 6.10. The fourth-order valence-corrected chi connectivity index (χ4v) is 2.84. The van der Waals surface area contributed by atoms with Gasteiger partial charge in [0.15, 0.2) is 0 Å². The van der Waals surface area contributed by atoms with Crippen molar-refractivity contribution < 1.29 is 32.7 Å². The van der Waals surface area contributed by atoms with E-state index in [1.54, 1.807) is 54.6 Å². The van der Waals surface area contributed by atoms with Crippen LogP contribution in [-0.2, 0) is 16.1 Å². The fourth-order valence-electron chi connectivity index (χ4n) is 2.84. The number of nitrogen functional groups attached to an aromatic ring is 1. The van der Waals surface area contributed by atoms with Gasteiger partial charge in [-0.3, -0.25) is 14.5 Å². The minimum Gasteiger partial charge on any atom is -0.475 e. The van der Waals surface area contributed by atoms with Crippen molar-refractivity contribution >= 4 is 34.8 Å². The highest BCUT2D eigenvalue weighted by Crippen LogP contribution is 2.19. The summed E-state index contributed by atoms with van der Waals surface area (Å²) in [6, 6.07) is 23.1. The summed E-state index contributed by atoms with van der Waals surface area (Å²) in [5, 5.41) is 9.90. The Kier molecular flexibility index (Phi) is 9.36. The van der Waals surface area contributed by atoms with Crippen molar-refractivity contribution in [1.29, 1.82) is 0 Å². The maximum atomic E-state index is 13.1. The van der Waals surface area contributed by atoms with Crippen molar-refractivity contribution in [1.82, 2.24) is 0 Å². The molecular formula is C24H23F3N4O4. The molecule has 0 fully saturated rings. The van der Waals surface area contributed by atoms with Gasteiger partial charge in [-0.2, -0.15) is 13.2 Å². The first-order valence-corrected chi connectivity index (χ1v) is 10.1. The normalized spacial score (nSPS) is 10.5. The van der Waals surface area contributed by atoms with Crippen LogP contribution in [0.1, 0.15) is 15.9 Å². The number of amides is 2. The minimum absolute atomic E-state index is 0.134. The molecule has 0 saturated heterocycles. The van der Waals surface area contributed by atoms with Crippen molar-refractivity contribution in [2.45, 2.75) is 12.7 Å². The summed E-state index contributed by atoms with van der Waals surface area (Å²) in [7, 11) is 0. The van der Waals surface area contributed by atoms with Gasteiger partial charge in [0.25, 0.3) is 5.91 Å². The van der Waals surface area contributed by atoms with Gasteiger partial charge in [-0.1, -0.05) is 36.4 Å². The number of anilines is 3. The van der Waals surface area contributed by atoms with Crippen molar-refractivity contribution in [2.24, 2.45) is 5.73 Å². The van der Waals surface area contributed by atoms with E-state index in [1.807, 2.05) is 24.3 Å². The quantitative estimate of drug-likeness (QED) is 0.391. The molecule has 0 spiro atoms. The zero-order chi connectivity index (χ0) is 26.0. The van der Waals surface area contributed by atoms with E-state index in [2.05, 4.69) is 5.32 Å². The first-order chi connectivity index (χ1) is 16.5. The van der Waals surface area contributed by atoms with Gasteiger partial charge in [0.1, 0.15) is 6.54 Å². The van der Waals surface area contributed by atoms with Crippen LogP contribution in [-0.4, -0.2) is 35.6 Å². The summed E-state index contributed by atoms with van der Waals surface area (Å²) in [5.41, 5.74) is 14.5. The largest absolute Gasteiger partial charge is 0.490 e. The Morgan fingerprint density at radius 1 is 0.914 bits per heavy atom. The van der Waals surface area contributed by atoms with Gasteiger partial charge in [-0.05, 0) is 48.0 Å². The van der Waals surface area contributed by atoms with E-state index in [-0.39, 0.29) is 18.4 Å². The topological polar surface area (TPSA) is 139 Å². The second kappa shape index (κ2) is 12.2. The number of nitrogens with zero attached hydrogens (tertiary/aromatic N) is 1. The Balaban J connectivity index is 0.000000540. The summed E-state index contributed by atoms with van der Waals surface area (Å²) >= 11 is 0. The molecule has 0 heterocycles. The first-order valence-electron chi connectivity index (χ1n) is 10.1. The van der Waals surface area contributed by atoms with Gasteiger partial charge in [0.2, 0.25) is 5.91 Å². The highest BCUT2D eigenvalue weighted by atomic mass is 19.4. The maximum Gasteiger partial charge on any atom is 0.490 e. The minimum atomic E-state index is -5.08. The smallest absolute Gasteiger partial charge is 0.475 e. The summed E-state index contributed by atoms with van der Waals surface area (Å²) in [4.78, 5) is 36.1. The summed E-state index contributed by atoms with van der Waals surface area (Å²) in [6.07, 6.45) is -5.08. The average Bonchev–Trinajstić information content (AvgIpc) is 2.82. The molecule has 6 N–H and O–H groups in total. The average molecular weight is 488 g/mol. The van der Waals surface area contributed by atoms with Crippen LogP contribution in [0.2, 0.25) is 0 Å². The number of para-hydroxylation sites is 1. The SMILES string of the molecule is NCc1cccc(C(=O)N(CC(=O)Nc2cccc(N)c2)c2ccccc2)c1.O=C(O)C(F)(F)F. The Bertz CT molecular complexity index is 1170. The van der Waals surface area contributed by atoms with Crippen LogP contribution in [0.4, 0.5) is 30.2 Å². The number of carboxylic acids is 1. The molecule has 8 nitrogen and oxygen atoms in total. The number of nitrogens with one attached hydrogen (secondary N) is 1. The van der Waals surface area contributed by atoms with Gasteiger partial charge in [-0.25, -0.2) is 4.79 Å². The molecule has 0 aromatic heterocycles. The van der Waals surface area contributed by atoms with Crippen LogP contribution in [0.5, 0.6) is 0 Å². The van der Waals surface area contributed by atoms with Gasteiger partial charge in [-0.15, -0.1) is 0 Å². The van der Waals surface area contributed by atoms with Crippen LogP contribution >= 0.6 is 0 Å². The third kappa shape index (κ3) is 8.48. The molecule has 0 radical (unpaired) electrons. The molecule has 0 bridgehead atoms. The molecule has 184 valence electrons. The number of hydrogen-bond acceptors (Lipinski definition) is 5. The summed E-state index contributed by atoms with van der Waals surface area (Å²) in [6.45, 7) is 0.201. The number of rotatable bonds is 6. The molecule has 0 aliphatic heterocycles. The second-order valence-electron chi connectivity index (χ2n) is 7.11. The van der Waals surface area contributed by atoms with E-state index in [9.17, 15) is 22.8 Å². The predicted molar refractivity (Wildman–Crippen MR) is 126 cm³/mol. The lowest BCUT2D eigenvalue weighted by molar-refractivity contribution is -0.192. The molecule has 0 atom stereocenters. The Morgan fingerprint density at radius 2 is 1.54 bits per heavy atom. The van der Waals surface area contributed by atoms with Crippen LogP contribution in [0.25, 0.3) is 0 Å². The van der Waals surface area contributed by atoms with Gasteiger partial charge < -0.3 is 21.9 Å². The first kappa shape index (κ1) is 26.9. The number of aliphatic carboxylic acids is 1. The van der Waals surface area contributed by atoms with E-state index >= 15 is 0 Å². The lowest BCUT2D eigenvalue weighted by Crippen LogP contribution is -2.38. The Hall–Kier alpha value is -4.38. The van der Waals surface area contributed by atoms with Gasteiger partial charge >= 0.3 is 12.1 Å². The molecule has 2 amide bonds. The van der Waals surface area contributed by atoms with Gasteiger partial charge in [0.05, 0.1) is 0 Å². The molecule has 0 aliphatic carbocycles. The highest BCUT2D eigenvalue weighted by Gasteiger charge is 2.38. The molecule has 3 aromatic rings. The summed E-state index contributed by atoms with van der Waals surface area (Å²) in [5.74, 6) is -3.35. The number of alkyl halides is 3. The van der Waals surface area contributed by atoms with Gasteiger partial charge in [0, 0.05) is 29.2 Å². The standard InChI is InChI=1S/C22H22N4O2.C2HF3O2/c23-14-16-6-4-7-17(12-16)22(28)26(20-10-2-1-3-11-20)15-21(27)25-19-9-5-8-18(24)13-19;3-2(4,5)1(6)7/h1-13H,14-15,23-24H2,(H,25,27);(H,6,7). The maximum absolute atomic E-state index is 13.1. The molecule has 3 aromatic carbocycles. The van der Waals surface area contributed by atoms with Crippen molar-refractivity contribution in [3.63, 3.8) is 0 Å². The van der Waals surface area contributed by atoms with Crippen LogP contribution in [0, 0.1) is 0 Å².